The number of allylic oxidation sites excluding steroid dienone is 2. The van der Waals surface area contributed by atoms with E-state index >= 15 is 0 Å². The predicted octanol–water partition coefficient (Wildman–Crippen LogP) is 3.12. The molecule has 1 aromatic carbocycles. The van der Waals surface area contributed by atoms with E-state index in [4.69, 9.17) is 5.11 Å². The monoisotopic (exact) mass is 202 g/mol. The van der Waals surface area contributed by atoms with Crippen LogP contribution in [-0.4, -0.2) is 11.1 Å². The van der Waals surface area contributed by atoms with Gasteiger partial charge in [0.2, 0.25) is 0 Å². The van der Waals surface area contributed by atoms with Crippen LogP contribution in [0.15, 0.2) is 47.6 Å². The van der Waals surface area contributed by atoms with Gasteiger partial charge in [0, 0.05) is 5.57 Å². The van der Waals surface area contributed by atoms with Crippen molar-refractivity contribution in [3.8, 4) is 0 Å². The Bertz CT molecular complexity index is 400. The van der Waals surface area contributed by atoms with Gasteiger partial charge in [0.25, 0.3) is 0 Å². The molecule has 2 heteroatoms. The minimum absolute atomic E-state index is 0.347. The number of hydrogen-bond donors (Lipinski definition) is 1. The largest absolute Gasteiger partial charge is 0.478 e. The average Bonchev–Trinajstić information content (AvgIpc) is 2.18. The molecule has 1 N–H and O–H groups in total. The first-order valence-electron chi connectivity index (χ1n) is 4.74. The molecule has 0 amide bonds. The van der Waals surface area contributed by atoms with Crippen LogP contribution in [-0.2, 0) is 4.79 Å². The second-order valence-electron chi connectivity index (χ2n) is 3.43. The molecule has 1 aromatic rings. The molecule has 0 unspecified atom stereocenters. The van der Waals surface area contributed by atoms with Crippen molar-refractivity contribution in [2.75, 3.05) is 0 Å². The van der Waals surface area contributed by atoms with Gasteiger partial charge in [-0.1, -0.05) is 42.0 Å². The Balaban J connectivity index is 2.86. The van der Waals surface area contributed by atoms with E-state index in [9.17, 15) is 4.79 Å². The van der Waals surface area contributed by atoms with Crippen molar-refractivity contribution in [2.24, 2.45) is 0 Å². The normalized spacial score (nSPS) is 12.7. The van der Waals surface area contributed by atoms with Gasteiger partial charge in [0.05, 0.1) is 0 Å². The molecule has 0 aliphatic heterocycles. The number of carboxylic acids is 1. The minimum Gasteiger partial charge on any atom is -0.478 e. The quantitative estimate of drug-likeness (QED) is 0.604. The molecule has 0 saturated heterocycles. The topological polar surface area (TPSA) is 37.3 Å². The van der Waals surface area contributed by atoms with Gasteiger partial charge in [-0.25, -0.2) is 4.79 Å². The number of aliphatic carboxylic acids is 1. The second-order valence-corrected chi connectivity index (χ2v) is 3.43. The lowest BCUT2D eigenvalue weighted by atomic mass is 10.1. The summed E-state index contributed by atoms with van der Waals surface area (Å²) < 4.78 is 0. The van der Waals surface area contributed by atoms with E-state index < -0.39 is 5.97 Å². The highest BCUT2D eigenvalue weighted by atomic mass is 16.4. The Morgan fingerprint density at radius 3 is 2.33 bits per heavy atom. The van der Waals surface area contributed by atoms with Crippen molar-refractivity contribution < 1.29 is 9.90 Å². The summed E-state index contributed by atoms with van der Waals surface area (Å²) in [6, 6.07) is 9.81. The van der Waals surface area contributed by atoms with Crippen LogP contribution in [0.5, 0.6) is 0 Å². The zero-order valence-corrected chi connectivity index (χ0v) is 8.90. The Hall–Kier alpha value is -1.83. The molecular weight excluding hydrogens is 188 g/mol. The Kier molecular flexibility index (Phi) is 3.86. The van der Waals surface area contributed by atoms with Crippen molar-refractivity contribution in [1.29, 1.82) is 0 Å². The van der Waals surface area contributed by atoms with Crippen LogP contribution in [0.2, 0.25) is 0 Å². The summed E-state index contributed by atoms with van der Waals surface area (Å²) in [6.45, 7) is 3.48. The number of carbonyl (C=O) groups is 1. The summed E-state index contributed by atoms with van der Waals surface area (Å²) in [4.78, 5) is 10.6. The van der Waals surface area contributed by atoms with E-state index in [0.717, 1.165) is 11.1 Å². The molecule has 0 aromatic heterocycles. The zero-order valence-electron chi connectivity index (χ0n) is 8.90. The molecule has 2 nitrogen and oxygen atoms in total. The first-order valence-corrected chi connectivity index (χ1v) is 4.74. The summed E-state index contributed by atoms with van der Waals surface area (Å²) in [6.07, 6.45) is 3.61. The van der Waals surface area contributed by atoms with Crippen LogP contribution in [0.4, 0.5) is 0 Å². The number of benzene rings is 1. The highest BCUT2D eigenvalue weighted by Crippen LogP contribution is 2.09. The highest BCUT2D eigenvalue weighted by molar-refractivity contribution is 5.86. The Morgan fingerprint density at radius 2 is 1.80 bits per heavy atom. The van der Waals surface area contributed by atoms with Gasteiger partial charge in [-0.05, 0) is 25.5 Å². The maximum Gasteiger partial charge on any atom is 0.331 e. The van der Waals surface area contributed by atoms with Crippen LogP contribution in [0, 0.1) is 0 Å². The number of rotatable bonds is 3. The van der Waals surface area contributed by atoms with Gasteiger partial charge in [0.15, 0.2) is 0 Å². The molecule has 0 atom stereocenters. The maximum atomic E-state index is 10.6. The van der Waals surface area contributed by atoms with Crippen LogP contribution >= 0.6 is 0 Å². The van der Waals surface area contributed by atoms with E-state index in [1.165, 1.54) is 0 Å². The molecule has 78 valence electrons. The van der Waals surface area contributed by atoms with E-state index in [1.807, 2.05) is 43.3 Å². The lowest BCUT2D eigenvalue weighted by Crippen LogP contribution is -1.95. The van der Waals surface area contributed by atoms with Crippen molar-refractivity contribution in [3.05, 3.63) is 53.1 Å². The fourth-order valence-corrected chi connectivity index (χ4v) is 1.26. The van der Waals surface area contributed by atoms with Crippen molar-refractivity contribution in [2.45, 2.75) is 13.8 Å². The van der Waals surface area contributed by atoms with E-state index in [2.05, 4.69) is 0 Å². The van der Waals surface area contributed by atoms with Gasteiger partial charge in [-0.15, -0.1) is 0 Å². The van der Waals surface area contributed by atoms with Gasteiger partial charge >= 0.3 is 5.97 Å². The summed E-state index contributed by atoms with van der Waals surface area (Å²) in [5.41, 5.74) is 2.35. The van der Waals surface area contributed by atoms with Crippen LogP contribution in [0.3, 0.4) is 0 Å². The Morgan fingerprint density at radius 1 is 1.20 bits per heavy atom. The maximum absolute atomic E-state index is 10.6. The average molecular weight is 202 g/mol. The van der Waals surface area contributed by atoms with Gasteiger partial charge in [0.1, 0.15) is 0 Å². The molecule has 0 aliphatic carbocycles. The predicted molar refractivity (Wildman–Crippen MR) is 61.5 cm³/mol. The van der Waals surface area contributed by atoms with Crippen molar-refractivity contribution in [1.82, 2.24) is 0 Å². The van der Waals surface area contributed by atoms with Gasteiger partial charge in [-0.2, -0.15) is 0 Å². The van der Waals surface area contributed by atoms with Gasteiger partial charge < -0.3 is 5.11 Å². The fraction of sp³-hybridized carbons (Fsp3) is 0.154. The first kappa shape index (κ1) is 11.2. The van der Waals surface area contributed by atoms with E-state index in [1.54, 1.807) is 13.0 Å². The molecule has 0 heterocycles. The Labute approximate surface area is 89.6 Å². The minimum atomic E-state index is -0.879. The fourth-order valence-electron chi connectivity index (χ4n) is 1.26. The van der Waals surface area contributed by atoms with Crippen LogP contribution in [0.1, 0.15) is 19.4 Å². The SMILES string of the molecule is CC(=Cc1ccccc1)C=C(C)C(=O)O. The second kappa shape index (κ2) is 5.15. The molecule has 1 rings (SSSR count). The molecule has 0 aliphatic rings. The third-order valence-corrected chi connectivity index (χ3v) is 1.98. The third-order valence-electron chi connectivity index (χ3n) is 1.98. The van der Waals surface area contributed by atoms with Gasteiger partial charge in [-0.3, -0.25) is 0 Å². The van der Waals surface area contributed by atoms with E-state index in [0.29, 0.717) is 5.57 Å². The third kappa shape index (κ3) is 3.81. The molecule has 0 radical (unpaired) electrons. The summed E-state index contributed by atoms with van der Waals surface area (Å²) in [7, 11) is 0. The first-order chi connectivity index (χ1) is 7.09. The lowest BCUT2D eigenvalue weighted by molar-refractivity contribution is -0.132. The molecule has 0 bridgehead atoms. The summed E-state index contributed by atoms with van der Waals surface area (Å²) >= 11 is 0. The highest BCUT2D eigenvalue weighted by Gasteiger charge is 1.98. The van der Waals surface area contributed by atoms with Crippen molar-refractivity contribution >= 4 is 12.0 Å². The van der Waals surface area contributed by atoms with Crippen LogP contribution in [0.25, 0.3) is 6.08 Å². The van der Waals surface area contributed by atoms with Crippen molar-refractivity contribution in [3.63, 3.8) is 0 Å². The lowest BCUT2D eigenvalue weighted by Gasteiger charge is -1.96. The number of hydrogen-bond acceptors (Lipinski definition) is 1. The molecule has 0 fully saturated rings. The van der Waals surface area contributed by atoms with Crippen LogP contribution < -0.4 is 0 Å². The molecular formula is C13H14O2. The summed E-state index contributed by atoms with van der Waals surface area (Å²) in [5.74, 6) is -0.879. The zero-order chi connectivity index (χ0) is 11.3. The summed E-state index contributed by atoms with van der Waals surface area (Å²) in [5, 5.41) is 8.70. The molecule has 15 heavy (non-hydrogen) atoms. The standard InChI is InChI=1S/C13H14O2/c1-10(8-11(2)13(14)15)9-12-6-4-3-5-7-12/h3-9H,1-2H3,(H,14,15). The molecule has 0 saturated carbocycles. The number of carboxylic acid groups (broad SMARTS) is 1. The van der Waals surface area contributed by atoms with E-state index in [-0.39, 0.29) is 0 Å². The smallest absolute Gasteiger partial charge is 0.331 e. The molecule has 0 spiro atoms.